The molecule has 3 aromatic rings. The highest BCUT2D eigenvalue weighted by atomic mass is 15.3. The average Bonchev–Trinajstić information content (AvgIpc) is 2.94. The van der Waals surface area contributed by atoms with Gasteiger partial charge in [-0.15, -0.1) is 10.2 Å². The van der Waals surface area contributed by atoms with Gasteiger partial charge in [-0.1, -0.05) is 61.9 Å². The zero-order valence-corrected chi connectivity index (χ0v) is 14.2. The monoisotopic (exact) mass is 316 g/mol. The van der Waals surface area contributed by atoms with Gasteiger partial charge < -0.3 is 0 Å². The Balaban J connectivity index is 1.94. The number of rotatable bonds is 2. The predicted molar refractivity (Wildman–Crippen MR) is 96.0 cm³/mol. The van der Waals surface area contributed by atoms with Gasteiger partial charge in [0, 0.05) is 17.0 Å². The Morgan fingerprint density at radius 3 is 2.46 bits per heavy atom. The lowest BCUT2D eigenvalue weighted by Gasteiger charge is -2.14. The molecule has 0 amide bonds. The van der Waals surface area contributed by atoms with Crippen LogP contribution in [0.1, 0.15) is 48.1 Å². The van der Waals surface area contributed by atoms with E-state index < -0.39 is 0 Å². The fourth-order valence-electron chi connectivity index (χ4n) is 3.13. The molecule has 0 atom stereocenters. The molecule has 0 saturated carbocycles. The number of benzene rings is 2. The highest BCUT2D eigenvalue weighted by Crippen LogP contribution is 2.27. The highest BCUT2D eigenvalue weighted by molar-refractivity contribution is 6.15. The standard InChI is InChI=1S/C20H20N4/c1-13(2)20-23-22-18-12-21-19(15-10-8-14(3)9-11-15)16-6-4-5-7-17(16)24(18)20/h4-11,13H,12H2,1-3H3. The molecule has 4 heteroatoms. The molecule has 1 aliphatic heterocycles. The first-order chi connectivity index (χ1) is 11.6. The van der Waals surface area contributed by atoms with Crippen LogP contribution in [0, 0.1) is 6.92 Å². The van der Waals surface area contributed by atoms with Gasteiger partial charge in [-0.25, -0.2) is 0 Å². The summed E-state index contributed by atoms with van der Waals surface area (Å²) >= 11 is 0. The molecule has 0 fully saturated rings. The minimum absolute atomic E-state index is 0.306. The summed E-state index contributed by atoms with van der Waals surface area (Å²) in [4.78, 5) is 4.87. The van der Waals surface area contributed by atoms with E-state index in [2.05, 4.69) is 84.1 Å². The molecule has 0 unspecified atom stereocenters. The second-order valence-electron chi connectivity index (χ2n) is 6.51. The van der Waals surface area contributed by atoms with Crippen LogP contribution in [0.15, 0.2) is 53.5 Å². The molecule has 2 aromatic carbocycles. The number of aryl methyl sites for hydroxylation is 1. The molecule has 120 valence electrons. The number of hydrogen-bond acceptors (Lipinski definition) is 3. The van der Waals surface area contributed by atoms with E-state index in [1.807, 2.05) is 0 Å². The van der Waals surface area contributed by atoms with Crippen LogP contribution in [0.25, 0.3) is 5.69 Å². The molecule has 0 aliphatic carbocycles. The van der Waals surface area contributed by atoms with E-state index in [9.17, 15) is 0 Å². The van der Waals surface area contributed by atoms with Gasteiger partial charge >= 0.3 is 0 Å². The molecule has 0 N–H and O–H groups in total. The second kappa shape index (κ2) is 5.71. The summed E-state index contributed by atoms with van der Waals surface area (Å²) in [6, 6.07) is 16.9. The maximum atomic E-state index is 4.87. The third-order valence-electron chi connectivity index (χ3n) is 4.38. The van der Waals surface area contributed by atoms with Gasteiger partial charge in [0.2, 0.25) is 0 Å². The van der Waals surface area contributed by atoms with Crippen molar-refractivity contribution in [1.82, 2.24) is 14.8 Å². The minimum atomic E-state index is 0.306. The smallest absolute Gasteiger partial charge is 0.159 e. The minimum Gasteiger partial charge on any atom is -0.281 e. The van der Waals surface area contributed by atoms with E-state index in [0.29, 0.717) is 12.5 Å². The van der Waals surface area contributed by atoms with Crippen LogP contribution in [0.5, 0.6) is 0 Å². The summed E-state index contributed by atoms with van der Waals surface area (Å²) in [6.07, 6.45) is 0. The lowest BCUT2D eigenvalue weighted by Crippen LogP contribution is -2.10. The molecule has 1 aromatic heterocycles. The zero-order valence-electron chi connectivity index (χ0n) is 14.2. The van der Waals surface area contributed by atoms with Crippen LogP contribution in [-0.4, -0.2) is 20.5 Å². The van der Waals surface area contributed by atoms with E-state index in [0.717, 1.165) is 34.2 Å². The molecule has 0 saturated heterocycles. The summed E-state index contributed by atoms with van der Waals surface area (Å²) in [5.41, 5.74) is 5.64. The van der Waals surface area contributed by atoms with E-state index in [-0.39, 0.29) is 0 Å². The van der Waals surface area contributed by atoms with Crippen LogP contribution in [0.4, 0.5) is 0 Å². The van der Waals surface area contributed by atoms with Crippen LogP contribution in [0.2, 0.25) is 0 Å². The quantitative estimate of drug-likeness (QED) is 0.716. The summed E-state index contributed by atoms with van der Waals surface area (Å²) < 4.78 is 2.17. The van der Waals surface area contributed by atoms with Gasteiger partial charge in [-0.2, -0.15) is 0 Å². The van der Waals surface area contributed by atoms with E-state index in [4.69, 9.17) is 4.99 Å². The third kappa shape index (κ3) is 2.35. The van der Waals surface area contributed by atoms with Crippen LogP contribution in [0.3, 0.4) is 0 Å². The largest absolute Gasteiger partial charge is 0.281 e. The zero-order chi connectivity index (χ0) is 16.7. The van der Waals surface area contributed by atoms with Crippen molar-refractivity contribution in [3.05, 3.63) is 76.9 Å². The average molecular weight is 316 g/mol. The first-order valence-electron chi connectivity index (χ1n) is 8.30. The van der Waals surface area contributed by atoms with Crippen molar-refractivity contribution in [2.45, 2.75) is 33.2 Å². The Bertz CT molecular complexity index is 917. The van der Waals surface area contributed by atoms with Crippen molar-refractivity contribution in [3.63, 3.8) is 0 Å². The SMILES string of the molecule is Cc1ccc(C2=NCc3nnc(C(C)C)n3-c3ccccc32)cc1. The molecular formula is C20H20N4. The Morgan fingerprint density at radius 2 is 1.71 bits per heavy atom. The fraction of sp³-hybridized carbons (Fsp3) is 0.250. The lowest BCUT2D eigenvalue weighted by molar-refractivity contribution is 0.737. The van der Waals surface area contributed by atoms with E-state index in [1.165, 1.54) is 5.56 Å². The van der Waals surface area contributed by atoms with Gasteiger partial charge in [0.1, 0.15) is 12.4 Å². The second-order valence-corrected chi connectivity index (χ2v) is 6.51. The lowest BCUT2D eigenvalue weighted by atomic mass is 9.99. The van der Waals surface area contributed by atoms with Crippen LogP contribution >= 0.6 is 0 Å². The van der Waals surface area contributed by atoms with Gasteiger partial charge in [-0.05, 0) is 13.0 Å². The van der Waals surface area contributed by atoms with Crippen molar-refractivity contribution in [1.29, 1.82) is 0 Å². The van der Waals surface area contributed by atoms with Gasteiger partial charge in [-0.3, -0.25) is 9.56 Å². The number of para-hydroxylation sites is 1. The molecule has 0 radical (unpaired) electrons. The van der Waals surface area contributed by atoms with E-state index in [1.54, 1.807) is 0 Å². The number of nitrogens with zero attached hydrogens (tertiary/aromatic N) is 4. The van der Waals surface area contributed by atoms with Gasteiger partial charge in [0.05, 0.1) is 11.4 Å². The predicted octanol–water partition coefficient (Wildman–Crippen LogP) is 4.05. The molecule has 1 aliphatic rings. The molecule has 24 heavy (non-hydrogen) atoms. The first kappa shape index (κ1) is 14.8. The number of hydrogen-bond donors (Lipinski definition) is 0. The summed E-state index contributed by atoms with van der Waals surface area (Å²) in [5, 5.41) is 8.78. The number of aliphatic imine (C=N–C) groups is 1. The normalized spacial score (nSPS) is 13.2. The fourth-order valence-corrected chi connectivity index (χ4v) is 3.13. The Morgan fingerprint density at radius 1 is 0.958 bits per heavy atom. The Kier molecular flexibility index (Phi) is 3.53. The van der Waals surface area contributed by atoms with E-state index >= 15 is 0 Å². The number of fused-ring (bicyclic) bond motifs is 3. The highest BCUT2D eigenvalue weighted by Gasteiger charge is 2.23. The number of aromatic nitrogens is 3. The van der Waals surface area contributed by atoms with Crippen LogP contribution < -0.4 is 0 Å². The summed E-state index contributed by atoms with van der Waals surface area (Å²) in [5.74, 6) is 2.19. The van der Waals surface area contributed by atoms with Crippen molar-refractivity contribution in [2.75, 3.05) is 0 Å². The summed E-state index contributed by atoms with van der Waals surface area (Å²) in [7, 11) is 0. The maximum absolute atomic E-state index is 4.87. The van der Waals surface area contributed by atoms with Crippen molar-refractivity contribution >= 4 is 5.71 Å². The van der Waals surface area contributed by atoms with Gasteiger partial charge in [0.25, 0.3) is 0 Å². The molecule has 0 spiro atoms. The topological polar surface area (TPSA) is 43.1 Å². The molecule has 4 rings (SSSR count). The molecule has 4 nitrogen and oxygen atoms in total. The van der Waals surface area contributed by atoms with Crippen molar-refractivity contribution < 1.29 is 0 Å². The van der Waals surface area contributed by atoms with Crippen LogP contribution in [-0.2, 0) is 6.54 Å². The van der Waals surface area contributed by atoms with Crippen molar-refractivity contribution in [3.8, 4) is 5.69 Å². The first-order valence-corrected chi connectivity index (χ1v) is 8.30. The molecule has 2 heterocycles. The molecule has 0 bridgehead atoms. The summed E-state index contributed by atoms with van der Waals surface area (Å²) in [6.45, 7) is 6.93. The van der Waals surface area contributed by atoms with Gasteiger partial charge in [0.15, 0.2) is 5.82 Å². The maximum Gasteiger partial charge on any atom is 0.159 e. The molecular weight excluding hydrogens is 296 g/mol. The Labute approximate surface area is 141 Å². The Hall–Kier alpha value is -2.75. The van der Waals surface area contributed by atoms with Crippen molar-refractivity contribution in [2.24, 2.45) is 4.99 Å². The third-order valence-corrected chi connectivity index (χ3v) is 4.38.